The van der Waals surface area contributed by atoms with Crippen molar-refractivity contribution in [2.75, 3.05) is 28.2 Å². The number of hydrogen-bond donors (Lipinski definition) is 3. The zero-order valence-corrected chi connectivity index (χ0v) is 19.8. The first-order valence-electron chi connectivity index (χ1n) is 10.2. The number of benzene rings is 2. The molecule has 0 aliphatic carbocycles. The molecule has 3 N–H and O–H groups in total. The highest BCUT2D eigenvalue weighted by atomic mass is 32.2. The first-order chi connectivity index (χ1) is 16.2. The van der Waals surface area contributed by atoms with Crippen LogP contribution in [0.15, 0.2) is 48.7 Å². The third-order valence-electron chi connectivity index (χ3n) is 4.58. The van der Waals surface area contributed by atoms with Gasteiger partial charge >= 0.3 is 11.9 Å². The maximum Gasteiger partial charge on any atom is 0.343 e. The average Bonchev–Trinajstić information content (AvgIpc) is 2.78. The third-order valence-corrected chi connectivity index (χ3v) is 5.32. The highest BCUT2D eigenvalue weighted by Gasteiger charge is 2.20. The zero-order valence-electron chi connectivity index (χ0n) is 19.0. The Morgan fingerprint density at radius 1 is 1.15 bits per heavy atom. The molecule has 0 unspecified atom stereocenters. The van der Waals surface area contributed by atoms with E-state index in [-0.39, 0.29) is 29.1 Å². The van der Waals surface area contributed by atoms with Crippen LogP contribution >= 0.6 is 11.9 Å². The highest BCUT2D eigenvalue weighted by molar-refractivity contribution is 7.99. The van der Waals surface area contributed by atoms with Crippen LogP contribution in [0, 0.1) is 5.82 Å². The quantitative estimate of drug-likeness (QED) is 0.280. The molecule has 3 aromatic rings. The molecular formula is C23H24FN5O4S. The normalized spacial score (nSPS) is 10.6. The van der Waals surface area contributed by atoms with Gasteiger partial charge in [-0.25, -0.2) is 19.0 Å². The van der Waals surface area contributed by atoms with Crippen LogP contribution in [0.5, 0.6) is 0 Å². The van der Waals surface area contributed by atoms with E-state index in [4.69, 9.17) is 9.84 Å². The number of rotatable bonds is 9. The van der Waals surface area contributed by atoms with Crippen LogP contribution in [0.2, 0.25) is 0 Å². The lowest BCUT2D eigenvalue weighted by atomic mass is 10.2. The fourth-order valence-corrected chi connectivity index (χ4v) is 3.30. The van der Waals surface area contributed by atoms with Crippen molar-refractivity contribution >= 4 is 52.7 Å². The number of ether oxygens (including phenoxy) is 1. The van der Waals surface area contributed by atoms with Gasteiger partial charge in [0.25, 0.3) is 0 Å². The second-order valence-corrected chi connectivity index (χ2v) is 8.27. The number of carbonyl (C=O) groups is 2. The number of para-hydroxylation sites is 2. The van der Waals surface area contributed by atoms with E-state index in [1.807, 2.05) is 41.9 Å². The van der Waals surface area contributed by atoms with E-state index in [0.29, 0.717) is 5.69 Å². The molecule has 0 saturated carbocycles. The van der Waals surface area contributed by atoms with Crippen LogP contribution < -0.4 is 14.9 Å². The smallest absolute Gasteiger partial charge is 0.343 e. The van der Waals surface area contributed by atoms with Gasteiger partial charge in [-0.2, -0.15) is 4.98 Å². The summed E-state index contributed by atoms with van der Waals surface area (Å²) in [6.45, 7) is 3.47. The van der Waals surface area contributed by atoms with Crippen molar-refractivity contribution < 1.29 is 23.8 Å². The highest BCUT2D eigenvalue weighted by Crippen LogP contribution is 2.32. The number of carboxylic acid groups (broad SMARTS) is 1. The average molecular weight is 486 g/mol. The van der Waals surface area contributed by atoms with Gasteiger partial charge in [-0.1, -0.05) is 24.1 Å². The number of carbonyl (C=O) groups excluding carboxylic acids is 1. The number of carboxylic acids is 1. The van der Waals surface area contributed by atoms with Crippen LogP contribution in [0.25, 0.3) is 0 Å². The van der Waals surface area contributed by atoms with E-state index in [1.165, 1.54) is 24.2 Å². The van der Waals surface area contributed by atoms with Gasteiger partial charge in [-0.3, -0.25) is 0 Å². The molecule has 0 saturated heterocycles. The molecule has 0 spiro atoms. The summed E-state index contributed by atoms with van der Waals surface area (Å²) in [7, 11) is 1.90. The first-order valence-corrected chi connectivity index (χ1v) is 11.4. The van der Waals surface area contributed by atoms with E-state index in [1.54, 1.807) is 13.8 Å². The van der Waals surface area contributed by atoms with Crippen molar-refractivity contribution in [1.82, 2.24) is 9.97 Å². The van der Waals surface area contributed by atoms with Gasteiger partial charge in [-0.15, -0.1) is 0 Å². The molecule has 3 rings (SSSR count). The van der Waals surface area contributed by atoms with Gasteiger partial charge in [0, 0.05) is 25.2 Å². The monoisotopic (exact) mass is 485 g/mol. The third kappa shape index (κ3) is 5.93. The molecule has 0 aliphatic rings. The van der Waals surface area contributed by atoms with Crippen molar-refractivity contribution in [2.45, 2.75) is 20.0 Å². The number of nitrogens with zero attached hydrogens (tertiary/aromatic N) is 3. The Balaban J connectivity index is 1.99. The van der Waals surface area contributed by atoms with Crippen LogP contribution in [0.1, 0.15) is 34.6 Å². The second kappa shape index (κ2) is 10.8. The number of halogens is 1. The lowest BCUT2D eigenvalue weighted by Gasteiger charge is -2.21. The number of esters is 1. The van der Waals surface area contributed by atoms with Gasteiger partial charge < -0.3 is 24.8 Å². The molecule has 0 atom stereocenters. The minimum Gasteiger partial charge on any atom is -0.478 e. The first kappa shape index (κ1) is 24.8. The Kier molecular flexibility index (Phi) is 7.90. The van der Waals surface area contributed by atoms with Crippen LogP contribution in [0.3, 0.4) is 0 Å². The van der Waals surface area contributed by atoms with Crippen LogP contribution in [0.4, 0.5) is 33.2 Å². The Hall–Kier alpha value is -3.86. The van der Waals surface area contributed by atoms with Crippen molar-refractivity contribution in [3.63, 3.8) is 0 Å². The van der Waals surface area contributed by atoms with Crippen molar-refractivity contribution in [1.29, 1.82) is 0 Å². The SMILES string of the molecule is CSN(C)c1ccccc1Nc1nc(Nc2ccc(C(=O)O)c(F)c2)ncc1C(=O)OC(C)C. The molecule has 178 valence electrons. The summed E-state index contributed by atoms with van der Waals surface area (Å²) in [5, 5.41) is 15.0. The lowest BCUT2D eigenvalue weighted by molar-refractivity contribution is 0.0378. The van der Waals surface area contributed by atoms with Crippen molar-refractivity contribution in [2.24, 2.45) is 0 Å². The second-order valence-electron chi connectivity index (χ2n) is 7.36. The largest absolute Gasteiger partial charge is 0.478 e. The minimum absolute atomic E-state index is 0.0711. The van der Waals surface area contributed by atoms with E-state index in [9.17, 15) is 14.0 Å². The molecule has 11 heteroatoms. The number of nitrogens with one attached hydrogen (secondary N) is 2. The minimum atomic E-state index is -1.37. The molecule has 2 aromatic carbocycles. The maximum atomic E-state index is 14.1. The Morgan fingerprint density at radius 2 is 1.88 bits per heavy atom. The van der Waals surface area contributed by atoms with Gasteiger partial charge in [-0.05, 0) is 44.2 Å². The van der Waals surface area contributed by atoms with Gasteiger partial charge in [0.15, 0.2) is 5.82 Å². The molecule has 0 bridgehead atoms. The van der Waals surface area contributed by atoms with Gasteiger partial charge in [0.2, 0.25) is 5.95 Å². The summed E-state index contributed by atoms with van der Waals surface area (Å²) in [6, 6.07) is 11.1. The topological polar surface area (TPSA) is 117 Å². The molecule has 9 nitrogen and oxygen atoms in total. The summed E-state index contributed by atoms with van der Waals surface area (Å²) in [6.07, 6.45) is 2.90. The standard InChI is InChI=1S/C23H24FN5O4S/c1-13(2)33-22(32)16-12-25-23(26-14-9-10-15(21(30)31)17(24)11-14)28-20(16)27-18-7-5-6-8-19(18)29(3)34-4/h5-13H,1-4H3,(H,30,31)(H2,25,26,27,28). The zero-order chi connectivity index (χ0) is 24.8. The van der Waals surface area contributed by atoms with Crippen molar-refractivity contribution in [3.8, 4) is 0 Å². The van der Waals surface area contributed by atoms with Gasteiger partial charge in [0.05, 0.1) is 23.0 Å². The van der Waals surface area contributed by atoms with E-state index in [0.717, 1.165) is 17.8 Å². The fraction of sp³-hybridized carbons (Fsp3) is 0.217. The predicted octanol–water partition coefficient (Wildman–Crippen LogP) is 5.08. The maximum absolute atomic E-state index is 14.1. The molecule has 0 fully saturated rings. The summed E-state index contributed by atoms with van der Waals surface area (Å²) in [4.78, 5) is 32.3. The lowest BCUT2D eigenvalue weighted by Crippen LogP contribution is -2.16. The number of aromatic nitrogens is 2. The summed E-state index contributed by atoms with van der Waals surface area (Å²) >= 11 is 1.51. The molecule has 1 aromatic heterocycles. The number of aromatic carboxylic acids is 1. The summed E-state index contributed by atoms with van der Waals surface area (Å²) in [5.41, 5.74) is 1.47. The van der Waals surface area contributed by atoms with Crippen LogP contribution in [-0.2, 0) is 4.74 Å². The Morgan fingerprint density at radius 3 is 2.53 bits per heavy atom. The van der Waals surface area contributed by atoms with Crippen LogP contribution in [-0.4, -0.2) is 46.4 Å². The number of hydrogen-bond acceptors (Lipinski definition) is 9. The van der Waals surface area contributed by atoms with E-state index < -0.39 is 23.3 Å². The molecule has 1 heterocycles. The Labute approximate surface area is 200 Å². The summed E-state index contributed by atoms with van der Waals surface area (Å²) < 4.78 is 21.3. The van der Waals surface area contributed by atoms with E-state index >= 15 is 0 Å². The number of anilines is 5. The fourth-order valence-electron chi connectivity index (χ4n) is 2.94. The van der Waals surface area contributed by atoms with Crippen molar-refractivity contribution in [3.05, 3.63) is 65.6 Å². The Bertz CT molecular complexity index is 1210. The van der Waals surface area contributed by atoms with E-state index in [2.05, 4.69) is 20.6 Å². The molecular weight excluding hydrogens is 461 g/mol. The molecule has 0 radical (unpaired) electrons. The molecule has 0 amide bonds. The predicted molar refractivity (Wildman–Crippen MR) is 131 cm³/mol. The van der Waals surface area contributed by atoms with Gasteiger partial charge in [0.1, 0.15) is 11.4 Å². The molecule has 0 aliphatic heterocycles. The molecule has 34 heavy (non-hydrogen) atoms. The summed E-state index contributed by atoms with van der Waals surface area (Å²) in [5.74, 6) is -2.61.